The van der Waals surface area contributed by atoms with Crippen molar-refractivity contribution in [1.29, 1.82) is 0 Å². The maximum atomic E-state index is 12.5. The maximum absolute atomic E-state index is 12.5. The first-order chi connectivity index (χ1) is 6.93. The molecular formula is C8H5BrClF2NO2. The van der Waals surface area contributed by atoms with Crippen molar-refractivity contribution in [3.63, 3.8) is 0 Å². The number of carbonyl (C=O) groups is 1. The van der Waals surface area contributed by atoms with Gasteiger partial charge in [0.25, 0.3) is 6.43 Å². The van der Waals surface area contributed by atoms with Crippen LogP contribution < -0.4 is 0 Å². The van der Waals surface area contributed by atoms with E-state index >= 15 is 0 Å². The Bertz CT molecular complexity index is 400. The zero-order valence-electron chi connectivity index (χ0n) is 7.18. The first kappa shape index (κ1) is 12.3. The Balaban J connectivity index is 3.22. The highest BCUT2D eigenvalue weighted by molar-refractivity contribution is 9.10. The number of alkyl halides is 2. The predicted octanol–water partition coefficient (Wildman–Crippen LogP) is 3.06. The highest BCUT2D eigenvalue weighted by Crippen LogP contribution is 2.34. The molecule has 3 nitrogen and oxygen atoms in total. The Morgan fingerprint density at radius 2 is 2.27 bits per heavy atom. The number of hydrogen-bond donors (Lipinski definition) is 1. The third-order valence-corrected chi connectivity index (χ3v) is 2.71. The van der Waals surface area contributed by atoms with E-state index in [-0.39, 0.29) is 15.2 Å². The van der Waals surface area contributed by atoms with Crippen molar-refractivity contribution in [2.45, 2.75) is 12.8 Å². The van der Waals surface area contributed by atoms with Gasteiger partial charge in [-0.3, -0.25) is 4.79 Å². The summed E-state index contributed by atoms with van der Waals surface area (Å²) in [5.74, 6) is -1.15. The highest BCUT2D eigenvalue weighted by atomic mass is 79.9. The number of carboxylic acid groups (broad SMARTS) is 1. The molecule has 0 aliphatic carbocycles. The summed E-state index contributed by atoms with van der Waals surface area (Å²) in [4.78, 5) is 14.0. The van der Waals surface area contributed by atoms with Gasteiger partial charge in [0.15, 0.2) is 0 Å². The number of hydrogen-bond acceptors (Lipinski definition) is 2. The molecule has 1 aromatic rings. The number of carboxylic acids is 1. The van der Waals surface area contributed by atoms with Crippen molar-refractivity contribution < 1.29 is 18.7 Å². The zero-order chi connectivity index (χ0) is 11.6. The number of aliphatic carboxylic acids is 1. The Morgan fingerprint density at radius 3 is 2.73 bits per heavy atom. The van der Waals surface area contributed by atoms with E-state index < -0.39 is 24.4 Å². The van der Waals surface area contributed by atoms with Crippen molar-refractivity contribution in [1.82, 2.24) is 4.98 Å². The Morgan fingerprint density at radius 1 is 1.67 bits per heavy atom. The number of aromatic nitrogens is 1. The monoisotopic (exact) mass is 299 g/mol. The second-order valence-corrected chi connectivity index (χ2v) is 3.80. The van der Waals surface area contributed by atoms with Crippen LogP contribution in [0.1, 0.15) is 17.6 Å². The second-order valence-electron chi connectivity index (χ2n) is 2.67. The molecule has 0 saturated carbocycles. The van der Waals surface area contributed by atoms with Gasteiger partial charge in [0.05, 0.1) is 17.0 Å². The van der Waals surface area contributed by atoms with Crippen molar-refractivity contribution in [2.24, 2.45) is 0 Å². The van der Waals surface area contributed by atoms with Crippen LogP contribution >= 0.6 is 27.5 Å². The summed E-state index contributed by atoms with van der Waals surface area (Å²) < 4.78 is 24.9. The fourth-order valence-corrected chi connectivity index (χ4v) is 1.87. The summed E-state index contributed by atoms with van der Waals surface area (Å²) in [7, 11) is 0. The Kier molecular flexibility index (Phi) is 3.98. The molecule has 82 valence electrons. The zero-order valence-corrected chi connectivity index (χ0v) is 9.52. The van der Waals surface area contributed by atoms with Gasteiger partial charge in [-0.05, 0) is 15.9 Å². The van der Waals surface area contributed by atoms with E-state index in [1.807, 2.05) is 0 Å². The van der Waals surface area contributed by atoms with Gasteiger partial charge in [-0.1, -0.05) is 11.6 Å². The lowest BCUT2D eigenvalue weighted by molar-refractivity contribution is -0.136. The number of nitrogens with zero attached hydrogens (tertiary/aromatic N) is 1. The largest absolute Gasteiger partial charge is 0.481 e. The first-order valence-corrected chi connectivity index (χ1v) is 4.93. The summed E-state index contributed by atoms with van der Waals surface area (Å²) in [5.41, 5.74) is -0.405. The minimum absolute atomic E-state index is 0.0719. The molecule has 1 heterocycles. The molecule has 0 unspecified atom stereocenters. The normalized spacial score (nSPS) is 10.7. The third kappa shape index (κ3) is 2.85. The molecule has 1 aromatic heterocycles. The van der Waals surface area contributed by atoms with Crippen LogP contribution in [-0.2, 0) is 11.2 Å². The van der Waals surface area contributed by atoms with Gasteiger partial charge in [0.1, 0.15) is 4.60 Å². The van der Waals surface area contributed by atoms with E-state index in [4.69, 9.17) is 16.7 Å². The quantitative estimate of drug-likeness (QED) is 0.873. The average molecular weight is 300 g/mol. The minimum Gasteiger partial charge on any atom is -0.481 e. The van der Waals surface area contributed by atoms with Gasteiger partial charge >= 0.3 is 5.97 Å². The van der Waals surface area contributed by atoms with Crippen molar-refractivity contribution >= 4 is 33.5 Å². The summed E-state index contributed by atoms with van der Waals surface area (Å²) in [5, 5.41) is 8.25. The first-order valence-electron chi connectivity index (χ1n) is 3.76. The van der Waals surface area contributed by atoms with Gasteiger partial charge in [0, 0.05) is 11.8 Å². The fraction of sp³-hybridized carbons (Fsp3) is 0.250. The van der Waals surface area contributed by atoms with E-state index in [2.05, 4.69) is 20.9 Å². The van der Waals surface area contributed by atoms with Crippen LogP contribution in [0.5, 0.6) is 0 Å². The molecule has 0 saturated heterocycles. The molecule has 1 N–H and O–H groups in total. The van der Waals surface area contributed by atoms with E-state index in [9.17, 15) is 13.6 Å². The van der Waals surface area contributed by atoms with Gasteiger partial charge in [-0.15, -0.1) is 0 Å². The number of halogens is 4. The molecule has 0 aromatic carbocycles. The summed E-state index contributed by atoms with van der Waals surface area (Å²) in [6.07, 6.45) is -2.07. The summed E-state index contributed by atoms with van der Waals surface area (Å²) in [6, 6.07) is 0. The lowest BCUT2D eigenvalue weighted by Gasteiger charge is -2.08. The lowest BCUT2D eigenvalue weighted by Crippen LogP contribution is -2.04. The number of pyridine rings is 1. The second kappa shape index (κ2) is 4.85. The average Bonchev–Trinajstić information content (AvgIpc) is 2.09. The maximum Gasteiger partial charge on any atom is 0.307 e. The van der Waals surface area contributed by atoms with Gasteiger partial charge < -0.3 is 5.11 Å². The summed E-state index contributed by atoms with van der Waals surface area (Å²) >= 11 is 8.46. The molecular weight excluding hydrogens is 295 g/mol. The molecule has 15 heavy (non-hydrogen) atoms. The minimum atomic E-state index is -2.80. The van der Waals surface area contributed by atoms with Gasteiger partial charge in [0.2, 0.25) is 0 Å². The van der Waals surface area contributed by atoms with Crippen LogP contribution in [0, 0.1) is 0 Å². The molecule has 1 rings (SSSR count). The standard InChI is InChI=1S/C8H5BrClF2NO2/c9-7-5(8(11)12)6(10)3(2-13-7)1-4(14)15/h2,8H,1H2,(H,14,15). The van der Waals surface area contributed by atoms with E-state index in [1.165, 1.54) is 0 Å². The molecule has 0 aliphatic heterocycles. The highest BCUT2D eigenvalue weighted by Gasteiger charge is 2.20. The predicted molar refractivity (Wildman–Crippen MR) is 53.2 cm³/mol. The van der Waals surface area contributed by atoms with Crippen LogP contribution in [0.25, 0.3) is 0 Å². The SMILES string of the molecule is O=C(O)Cc1cnc(Br)c(C(F)F)c1Cl. The third-order valence-electron chi connectivity index (χ3n) is 1.63. The molecule has 0 spiro atoms. The summed E-state index contributed by atoms with van der Waals surface area (Å²) in [6.45, 7) is 0. The van der Waals surface area contributed by atoms with Crippen LogP contribution in [0.2, 0.25) is 5.02 Å². The van der Waals surface area contributed by atoms with Crippen LogP contribution in [-0.4, -0.2) is 16.1 Å². The topological polar surface area (TPSA) is 50.2 Å². The van der Waals surface area contributed by atoms with E-state index in [1.54, 1.807) is 0 Å². The van der Waals surface area contributed by atoms with Crippen LogP contribution in [0.3, 0.4) is 0 Å². The molecule has 0 atom stereocenters. The molecule has 0 aliphatic rings. The molecule has 7 heteroatoms. The van der Waals surface area contributed by atoms with Crippen molar-refractivity contribution in [2.75, 3.05) is 0 Å². The van der Waals surface area contributed by atoms with Gasteiger partial charge in [-0.2, -0.15) is 0 Å². The van der Waals surface area contributed by atoms with Crippen LogP contribution in [0.15, 0.2) is 10.8 Å². The molecule has 0 bridgehead atoms. The van der Waals surface area contributed by atoms with Crippen molar-refractivity contribution in [3.8, 4) is 0 Å². The van der Waals surface area contributed by atoms with Crippen molar-refractivity contribution in [3.05, 3.63) is 26.9 Å². The van der Waals surface area contributed by atoms with E-state index in [0.717, 1.165) is 6.20 Å². The van der Waals surface area contributed by atoms with E-state index in [0.29, 0.717) is 0 Å². The van der Waals surface area contributed by atoms with Gasteiger partial charge in [-0.25, -0.2) is 13.8 Å². The fourth-order valence-electron chi connectivity index (χ4n) is 0.996. The molecule has 0 fully saturated rings. The molecule has 0 radical (unpaired) electrons. The van der Waals surface area contributed by atoms with Crippen LogP contribution in [0.4, 0.5) is 8.78 Å². The molecule has 0 amide bonds. The Labute approximate surface area is 97.2 Å². The smallest absolute Gasteiger partial charge is 0.307 e. The number of rotatable bonds is 3. The Hall–Kier alpha value is -0.750. The lowest BCUT2D eigenvalue weighted by atomic mass is 10.1.